The van der Waals surface area contributed by atoms with Crippen LogP contribution in [-0.4, -0.2) is 16.5 Å². The van der Waals surface area contributed by atoms with E-state index in [4.69, 9.17) is 5.73 Å². The van der Waals surface area contributed by atoms with Crippen molar-refractivity contribution < 1.29 is 0 Å². The highest BCUT2D eigenvalue weighted by Gasteiger charge is 2.08. The summed E-state index contributed by atoms with van der Waals surface area (Å²) in [5, 5.41) is 0. The highest BCUT2D eigenvalue weighted by atomic mass is 15.1. The highest BCUT2D eigenvalue weighted by molar-refractivity contribution is 5.62. The summed E-state index contributed by atoms with van der Waals surface area (Å²) in [6.07, 6.45) is 5.31. The third kappa shape index (κ3) is 2.72. The number of aromatic nitrogens is 2. The normalized spacial score (nSPS) is 10.2. The topological polar surface area (TPSA) is 55.0 Å². The molecule has 0 saturated carbocycles. The Morgan fingerprint density at radius 1 is 1.18 bits per heavy atom. The van der Waals surface area contributed by atoms with Crippen molar-refractivity contribution in [1.82, 2.24) is 9.97 Å². The minimum Gasteiger partial charge on any atom is -0.382 e. The van der Waals surface area contributed by atoms with Gasteiger partial charge in [0.15, 0.2) is 0 Å². The van der Waals surface area contributed by atoms with Gasteiger partial charge in [-0.15, -0.1) is 0 Å². The quantitative estimate of drug-likeness (QED) is 0.870. The van der Waals surface area contributed by atoms with E-state index in [0.717, 1.165) is 18.8 Å². The van der Waals surface area contributed by atoms with Crippen LogP contribution in [0.2, 0.25) is 0 Å². The summed E-state index contributed by atoms with van der Waals surface area (Å²) in [6.45, 7) is 3.81. The van der Waals surface area contributed by atoms with Crippen LogP contribution >= 0.6 is 0 Å². The molecule has 2 rings (SSSR count). The summed E-state index contributed by atoms with van der Waals surface area (Å²) in [5.74, 6) is 0.573. The second-order valence-corrected chi connectivity index (χ2v) is 3.78. The van der Waals surface area contributed by atoms with Crippen LogP contribution in [0.1, 0.15) is 12.5 Å². The lowest BCUT2D eigenvalue weighted by Crippen LogP contribution is -2.23. The Labute approximate surface area is 101 Å². The zero-order valence-corrected chi connectivity index (χ0v) is 9.87. The summed E-state index contributed by atoms with van der Waals surface area (Å²) >= 11 is 0. The Hall–Kier alpha value is -2.10. The third-order valence-corrected chi connectivity index (χ3v) is 2.66. The van der Waals surface area contributed by atoms with E-state index in [2.05, 4.69) is 21.8 Å². The maximum absolute atomic E-state index is 5.89. The molecule has 0 amide bonds. The van der Waals surface area contributed by atoms with E-state index in [1.54, 1.807) is 18.6 Å². The van der Waals surface area contributed by atoms with Crippen molar-refractivity contribution in [3.8, 4) is 0 Å². The van der Waals surface area contributed by atoms with Crippen LogP contribution in [-0.2, 0) is 6.54 Å². The average molecular weight is 228 g/mol. The smallest absolute Gasteiger partial charge is 0.146 e. The Morgan fingerprint density at radius 2 is 1.94 bits per heavy atom. The number of pyridine rings is 2. The van der Waals surface area contributed by atoms with Crippen molar-refractivity contribution in [3.63, 3.8) is 0 Å². The Bertz CT molecular complexity index is 470. The predicted molar refractivity (Wildman–Crippen MR) is 69.6 cm³/mol. The van der Waals surface area contributed by atoms with Crippen molar-refractivity contribution in [2.45, 2.75) is 13.5 Å². The molecule has 0 unspecified atom stereocenters. The number of nitrogens with zero attached hydrogens (tertiary/aromatic N) is 3. The van der Waals surface area contributed by atoms with E-state index in [1.807, 2.05) is 24.3 Å². The van der Waals surface area contributed by atoms with Gasteiger partial charge in [-0.3, -0.25) is 4.98 Å². The van der Waals surface area contributed by atoms with Crippen LogP contribution in [0.25, 0.3) is 0 Å². The Morgan fingerprint density at radius 3 is 2.59 bits per heavy atom. The largest absolute Gasteiger partial charge is 0.382 e. The highest BCUT2D eigenvalue weighted by Crippen LogP contribution is 2.21. The predicted octanol–water partition coefficient (Wildman–Crippen LogP) is 2.09. The first-order chi connectivity index (χ1) is 8.31. The first kappa shape index (κ1) is 11.4. The van der Waals surface area contributed by atoms with Gasteiger partial charge in [0.25, 0.3) is 0 Å². The zero-order valence-electron chi connectivity index (χ0n) is 9.87. The van der Waals surface area contributed by atoms with Crippen molar-refractivity contribution in [1.29, 1.82) is 0 Å². The van der Waals surface area contributed by atoms with E-state index >= 15 is 0 Å². The molecule has 88 valence electrons. The molecular weight excluding hydrogens is 212 g/mol. The fourth-order valence-corrected chi connectivity index (χ4v) is 1.75. The van der Waals surface area contributed by atoms with Gasteiger partial charge < -0.3 is 10.6 Å². The Balaban J connectivity index is 2.21. The summed E-state index contributed by atoms with van der Waals surface area (Å²) < 4.78 is 0. The van der Waals surface area contributed by atoms with E-state index < -0.39 is 0 Å². The second kappa shape index (κ2) is 5.30. The van der Waals surface area contributed by atoms with Gasteiger partial charge in [0.2, 0.25) is 0 Å². The van der Waals surface area contributed by atoms with Crippen LogP contribution in [0.15, 0.2) is 42.9 Å². The fraction of sp³-hybridized carbons (Fsp3) is 0.231. The molecule has 0 spiro atoms. The molecule has 4 nitrogen and oxygen atoms in total. The van der Waals surface area contributed by atoms with Gasteiger partial charge in [0.1, 0.15) is 5.82 Å². The zero-order chi connectivity index (χ0) is 12.1. The molecule has 2 aromatic rings. The van der Waals surface area contributed by atoms with Gasteiger partial charge in [-0.1, -0.05) is 0 Å². The molecule has 0 aliphatic carbocycles. The van der Waals surface area contributed by atoms with Crippen LogP contribution in [0, 0.1) is 0 Å². The number of hydrogen-bond donors (Lipinski definition) is 1. The maximum atomic E-state index is 5.89. The number of nitrogens with two attached hydrogens (primary N) is 1. The molecule has 2 N–H and O–H groups in total. The lowest BCUT2D eigenvalue weighted by Gasteiger charge is -2.23. The minimum atomic E-state index is 0.573. The molecule has 17 heavy (non-hydrogen) atoms. The first-order valence-electron chi connectivity index (χ1n) is 5.65. The molecule has 0 aliphatic heterocycles. The molecule has 0 bridgehead atoms. The molecule has 2 aromatic heterocycles. The number of hydrogen-bond acceptors (Lipinski definition) is 4. The monoisotopic (exact) mass is 228 g/mol. The van der Waals surface area contributed by atoms with Crippen LogP contribution in [0.4, 0.5) is 11.5 Å². The summed E-state index contributed by atoms with van der Waals surface area (Å²) in [4.78, 5) is 10.3. The van der Waals surface area contributed by atoms with Gasteiger partial charge in [-0.2, -0.15) is 0 Å². The first-order valence-corrected chi connectivity index (χ1v) is 5.65. The van der Waals surface area contributed by atoms with E-state index in [-0.39, 0.29) is 0 Å². The molecule has 2 heterocycles. The van der Waals surface area contributed by atoms with Crippen LogP contribution < -0.4 is 10.6 Å². The molecule has 0 atom stereocenters. The molecule has 0 saturated heterocycles. The van der Waals surface area contributed by atoms with Gasteiger partial charge in [-0.05, 0) is 36.8 Å². The van der Waals surface area contributed by atoms with Crippen molar-refractivity contribution >= 4 is 11.5 Å². The fourth-order valence-electron chi connectivity index (χ4n) is 1.75. The van der Waals surface area contributed by atoms with Crippen molar-refractivity contribution in [2.75, 3.05) is 17.2 Å². The van der Waals surface area contributed by atoms with Gasteiger partial charge in [0, 0.05) is 31.7 Å². The lowest BCUT2D eigenvalue weighted by molar-refractivity contribution is 0.829. The van der Waals surface area contributed by atoms with E-state index in [1.165, 1.54) is 5.56 Å². The standard InChI is InChI=1S/C13H16N4/c1-2-17(10-11-5-8-15-9-6-11)12-4-3-7-16-13(12)14/h3-9H,2,10H2,1H3,(H2,14,16). The van der Waals surface area contributed by atoms with E-state index in [9.17, 15) is 0 Å². The van der Waals surface area contributed by atoms with Crippen molar-refractivity contribution in [3.05, 3.63) is 48.4 Å². The molecule has 0 fully saturated rings. The van der Waals surface area contributed by atoms with Gasteiger partial charge in [0.05, 0.1) is 5.69 Å². The number of anilines is 2. The van der Waals surface area contributed by atoms with Crippen LogP contribution in [0.5, 0.6) is 0 Å². The average Bonchev–Trinajstić information content (AvgIpc) is 2.38. The number of nitrogen functional groups attached to an aromatic ring is 1. The summed E-state index contributed by atoms with van der Waals surface area (Å²) in [6, 6.07) is 7.92. The molecule has 0 aliphatic rings. The number of rotatable bonds is 4. The lowest BCUT2D eigenvalue weighted by atomic mass is 10.2. The molecule has 0 radical (unpaired) electrons. The Kier molecular flexibility index (Phi) is 3.55. The van der Waals surface area contributed by atoms with Gasteiger partial charge in [-0.25, -0.2) is 4.98 Å². The second-order valence-electron chi connectivity index (χ2n) is 3.78. The molecular formula is C13H16N4. The summed E-state index contributed by atoms with van der Waals surface area (Å²) in [7, 11) is 0. The molecule has 4 heteroatoms. The SMILES string of the molecule is CCN(Cc1ccncc1)c1cccnc1N. The minimum absolute atomic E-state index is 0.573. The van der Waals surface area contributed by atoms with Crippen molar-refractivity contribution in [2.24, 2.45) is 0 Å². The van der Waals surface area contributed by atoms with Gasteiger partial charge >= 0.3 is 0 Å². The van der Waals surface area contributed by atoms with E-state index in [0.29, 0.717) is 5.82 Å². The maximum Gasteiger partial charge on any atom is 0.146 e. The van der Waals surface area contributed by atoms with Crippen LogP contribution in [0.3, 0.4) is 0 Å². The summed E-state index contributed by atoms with van der Waals surface area (Å²) in [5.41, 5.74) is 8.08. The molecule has 0 aromatic carbocycles. The third-order valence-electron chi connectivity index (χ3n) is 2.66.